The van der Waals surface area contributed by atoms with Gasteiger partial charge in [-0.3, -0.25) is 4.79 Å². The minimum Gasteiger partial charge on any atom is -0.467 e. The Morgan fingerprint density at radius 1 is 1.32 bits per heavy atom. The summed E-state index contributed by atoms with van der Waals surface area (Å²) in [4.78, 5) is 26.2. The number of hydrogen-bond donors (Lipinski definition) is 1. The van der Waals surface area contributed by atoms with Crippen LogP contribution in [0.5, 0.6) is 0 Å². The van der Waals surface area contributed by atoms with Crippen LogP contribution in [0.25, 0.3) is 0 Å². The lowest BCUT2D eigenvalue weighted by molar-refractivity contribution is -0.143. The van der Waals surface area contributed by atoms with Crippen LogP contribution in [0.3, 0.4) is 0 Å². The summed E-state index contributed by atoms with van der Waals surface area (Å²) >= 11 is 5.58. The fourth-order valence-corrected chi connectivity index (χ4v) is 4.19. The molecule has 25 heavy (non-hydrogen) atoms. The number of ether oxygens (including phenoxy) is 1. The number of esters is 1. The molecule has 0 radical (unpaired) electrons. The molecule has 2 aliphatic heterocycles. The van der Waals surface area contributed by atoms with Gasteiger partial charge in [-0.25, -0.2) is 4.79 Å². The van der Waals surface area contributed by atoms with Gasteiger partial charge < -0.3 is 19.5 Å². The number of carbonyl (C=O) groups excluding carboxylic acids is 1. The highest BCUT2D eigenvalue weighted by molar-refractivity contribution is 7.80. The number of fused-ring (bicyclic) bond motifs is 4. The number of hydrogen-bond acceptors (Lipinski definition) is 4. The molecule has 1 fully saturated rings. The topological polar surface area (TPSA) is 63.6 Å². The van der Waals surface area contributed by atoms with E-state index in [1.807, 2.05) is 30.5 Å². The van der Waals surface area contributed by atoms with E-state index in [-0.39, 0.29) is 23.4 Å². The predicted molar refractivity (Wildman–Crippen MR) is 99.5 cm³/mol. The van der Waals surface area contributed by atoms with E-state index in [9.17, 15) is 9.59 Å². The summed E-state index contributed by atoms with van der Waals surface area (Å²) in [6.45, 7) is 6.22. The van der Waals surface area contributed by atoms with Crippen LogP contribution in [-0.2, 0) is 16.1 Å². The summed E-state index contributed by atoms with van der Waals surface area (Å²) in [7, 11) is 1.39. The van der Waals surface area contributed by atoms with Crippen LogP contribution in [-0.4, -0.2) is 46.8 Å². The van der Waals surface area contributed by atoms with Gasteiger partial charge in [0.05, 0.1) is 7.11 Å². The quantitative estimate of drug-likeness (QED) is 0.646. The van der Waals surface area contributed by atoms with Gasteiger partial charge in [0.25, 0.3) is 5.56 Å². The van der Waals surface area contributed by atoms with Crippen molar-refractivity contribution in [2.45, 2.75) is 38.8 Å². The summed E-state index contributed by atoms with van der Waals surface area (Å²) in [6.07, 6.45) is 1.08. The molecule has 7 heteroatoms. The molecule has 0 spiro atoms. The smallest absolute Gasteiger partial charge is 0.328 e. The zero-order valence-corrected chi connectivity index (χ0v) is 15.7. The molecule has 1 aromatic rings. The van der Waals surface area contributed by atoms with Gasteiger partial charge in [0.2, 0.25) is 0 Å². The van der Waals surface area contributed by atoms with Crippen molar-refractivity contribution in [1.29, 1.82) is 0 Å². The minimum absolute atomic E-state index is 0.0758. The van der Waals surface area contributed by atoms with E-state index in [1.54, 1.807) is 6.07 Å². The number of aromatic nitrogens is 1. The first kappa shape index (κ1) is 17.9. The number of nitrogens with one attached hydrogen (secondary N) is 1. The molecule has 0 unspecified atom stereocenters. The third-order valence-corrected chi connectivity index (χ3v) is 5.54. The van der Waals surface area contributed by atoms with E-state index in [0.717, 1.165) is 31.7 Å². The molecule has 0 saturated carbocycles. The molecular weight excluding hydrogens is 338 g/mol. The Labute approximate surface area is 153 Å². The Balaban J connectivity index is 1.75. The minimum atomic E-state index is -0.450. The predicted octanol–water partition coefficient (Wildman–Crippen LogP) is 1.34. The maximum absolute atomic E-state index is 12.1. The van der Waals surface area contributed by atoms with Crippen LogP contribution in [0.4, 0.5) is 0 Å². The Morgan fingerprint density at radius 2 is 2.08 bits per heavy atom. The molecule has 3 heterocycles. The molecule has 3 rings (SSSR count). The number of nitrogens with zero attached hydrogens (tertiary/aromatic N) is 2. The molecule has 0 aromatic carbocycles. The SMILES string of the molecule is COC(=O)[C@@H](NC(=S)N1C[C@@H]2C[C@@H](C1)c1cccc(=O)n1C2)C(C)C. The van der Waals surface area contributed by atoms with Gasteiger partial charge >= 0.3 is 5.97 Å². The van der Waals surface area contributed by atoms with Gasteiger partial charge in [-0.1, -0.05) is 19.9 Å². The second kappa shape index (κ2) is 7.15. The van der Waals surface area contributed by atoms with Crippen LogP contribution >= 0.6 is 12.2 Å². The average Bonchev–Trinajstić information content (AvgIpc) is 2.59. The second-order valence-corrected chi connectivity index (χ2v) is 7.68. The van der Waals surface area contributed by atoms with Crippen molar-refractivity contribution in [3.8, 4) is 0 Å². The number of methoxy groups -OCH3 is 1. The van der Waals surface area contributed by atoms with Crippen LogP contribution < -0.4 is 10.9 Å². The molecule has 136 valence electrons. The Hall–Kier alpha value is -1.89. The van der Waals surface area contributed by atoms with Crippen LogP contribution in [0.15, 0.2) is 23.0 Å². The summed E-state index contributed by atoms with van der Waals surface area (Å²) in [6, 6.07) is 5.04. The lowest BCUT2D eigenvalue weighted by Gasteiger charge is -2.44. The normalized spacial score (nSPS) is 23.0. The zero-order chi connectivity index (χ0) is 18.1. The van der Waals surface area contributed by atoms with E-state index in [1.165, 1.54) is 7.11 Å². The summed E-state index contributed by atoms with van der Waals surface area (Å²) in [5, 5.41) is 3.76. The first-order chi connectivity index (χ1) is 11.9. The number of thiocarbonyl (C=S) groups is 1. The van der Waals surface area contributed by atoms with Crippen molar-refractivity contribution < 1.29 is 9.53 Å². The molecular formula is C18H25N3O3S. The van der Waals surface area contributed by atoms with Crippen molar-refractivity contribution in [1.82, 2.24) is 14.8 Å². The van der Waals surface area contributed by atoms with E-state index in [4.69, 9.17) is 17.0 Å². The Morgan fingerprint density at radius 3 is 2.76 bits per heavy atom. The highest BCUT2D eigenvalue weighted by Gasteiger charge is 2.36. The molecule has 0 amide bonds. The van der Waals surface area contributed by atoms with Gasteiger partial charge in [-0.05, 0) is 36.5 Å². The number of carbonyl (C=O) groups is 1. The molecule has 1 N–H and O–H groups in total. The lowest BCUT2D eigenvalue weighted by atomic mass is 9.83. The van der Waals surface area contributed by atoms with Crippen LogP contribution in [0, 0.1) is 11.8 Å². The van der Waals surface area contributed by atoms with E-state index >= 15 is 0 Å². The van der Waals surface area contributed by atoms with Crippen molar-refractivity contribution >= 4 is 23.3 Å². The zero-order valence-electron chi connectivity index (χ0n) is 14.9. The lowest BCUT2D eigenvalue weighted by Crippen LogP contribution is -2.55. The van der Waals surface area contributed by atoms with Gasteiger partial charge in [0.1, 0.15) is 6.04 Å². The fourth-order valence-electron chi connectivity index (χ4n) is 3.91. The van der Waals surface area contributed by atoms with Crippen molar-refractivity contribution in [3.05, 3.63) is 34.2 Å². The van der Waals surface area contributed by atoms with Crippen molar-refractivity contribution in [2.75, 3.05) is 20.2 Å². The summed E-state index contributed by atoms with van der Waals surface area (Å²) in [5.74, 6) is 0.457. The summed E-state index contributed by atoms with van der Waals surface area (Å²) in [5.41, 5.74) is 1.16. The number of rotatable bonds is 3. The highest BCUT2D eigenvalue weighted by atomic mass is 32.1. The maximum atomic E-state index is 12.1. The number of likely N-dealkylation sites (tertiary alicyclic amines) is 1. The Bertz CT molecular complexity index is 731. The standard InChI is InChI=1S/C18H25N3O3S/c1-11(2)16(17(23)24-3)19-18(25)20-8-12-7-13(10-20)14-5-4-6-15(22)21(14)9-12/h4-6,11-13,16H,7-10H2,1-3H3,(H,19,25)/t12-,13-,16-/m0/s1. The maximum Gasteiger partial charge on any atom is 0.328 e. The molecule has 1 saturated heterocycles. The first-order valence-corrected chi connectivity index (χ1v) is 9.14. The fraction of sp³-hybridized carbons (Fsp3) is 0.611. The third kappa shape index (κ3) is 3.56. The Kier molecular flexibility index (Phi) is 5.13. The van der Waals surface area contributed by atoms with Crippen molar-refractivity contribution in [2.24, 2.45) is 11.8 Å². The second-order valence-electron chi connectivity index (χ2n) is 7.30. The molecule has 6 nitrogen and oxygen atoms in total. The van der Waals surface area contributed by atoms with Gasteiger partial charge in [0.15, 0.2) is 5.11 Å². The van der Waals surface area contributed by atoms with Crippen LogP contribution in [0.1, 0.15) is 31.9 Å². The van der Waals surface area contributed by atoms with Gasteiger partial charge in [0, 0.05) is 37.3 Å². The van der Waals surface area contributed by atoms with Crippen molar-refractivity contribution in [3.63, 3.8) is 0 Å². The third-order valence-electron chi connectivity index (χ3n) is 5.17. The van der Waals surface area contributed by atoms with Gasteiger partial charge in [-0.2, -0.15) is 0 Å². The molecule has 3 atom stereocenters. The summed E-state index contributed by atoms with van der Waals surface area (Å²) < 4.78 is 6.78. The number of pyridine rings is 1. The van der Waals surface area contributed by atoms with Crippen LogP contribution in [0.2, 0.25) is 0 Å². The van der Waals surface area contributed by atoms with Gasteiger partial charge in [-0.15, -0.1) is 0 Å². The number of piperidine rings is 1. The van der Waals surface area contributed by atoms with E-state index in [2.05, 4.69) is 10.2 Å². The monoisotopic (exact) mass is 363 g/mol. The first-order valence-electron chi connectivity index (χ1n) is 8.73. The van der Waals surface area contributed by atoms with E-state index in [0.29, 0.717) is 11.0 Å². The molecule has 1 aromatic heterocycles. The highest BCUT2D eigenvalue weighted by Crippen LogP contribution is 2.34. The average molecular weight is 363 g/mol. The molecule has 2 aliphatic rings. The molecule has 0 aliphatic carbocycles. The van der Waals surface area contributed by atoms with E-state index < -0.39 is 6.04 Å². The largest absolute Gasteiger partial charge is 0.467 e. The molecule has 2 bridgehead atoms.